The van der Waals surface area contributed by atoms with Gasteiger partial charge >= 0.3 is 0 Å². The van der Waals surface area contributed by atoms with Gasteiger partial charge in [-0.1, -0.05) is 18.2 Å². The number of piperazine rings is 1. The van der Waals surface area contributed by atoms with Crippen molar-refractivity contribution in [3.8, 4) is 22.6 Å². The smallest absolute Gasteiger partial charge is 0.257 e. The van der Waals surface area contributed by atoms with Gasteiger partial charge in [-0.25, -0.2) is 4.98 Å². The number of pyridine rings is 1. The molecule has 0 spiro atoms. The molecule has 8 nitrogen and oxygen atoms in total. The van der Waals surface area contributed by atoms with Crippen LogP contribution in [0.25, 0.3) is 11.1 Å². The summed E-state index contributed by atoms with van der Waals surface area (Å²) in [6.07, 6.45) is 1.83. The first-order valence-corrected chi connectivity index (χ1v) is 13.2. The zero-order valence-electron chi connectivity index (χ0n) is 22.7. The fourth-order valence-corrected chi connectivity index (χ4v) is 5.39. The number of para-hydroxylation sites is 1. The van der Waals surface area contributed by atoms with Crippen molar-refractivity contribution >= 4 is 11.7 Å². The van der Waals surface area contributed by atoms with Crippen LogP contribution >= 0.6 is 0 Å². The minimum absolute atomic E-state index is 0.0523. The monoisotopic (exact) mass is 515 g/mol. The Morgan fingerprint density at radius 2 is 1.87 bits per heavy atom. The van der Waals surface area contributed by atoms with Crippen LogP contribution < -0.4 is 10.1 Å². The van der Waals surface area contributed by atoms with E-state index in [-0.39, 0.29) is 17.6 Å². The second-order valence-corrected chi connectivity index (χ2v) is 10.5. The molecule has 1 amide bonds. The molecule has 200 valence electrons. The van der Waals surface area contributed by atoms with Crippen molar-refractivity contribution in [2.75, 3.05) is 72.3 Å². The molecule has 2 N–H and O–H groups in total. The number of rotatable bonds is 7. The number of carbonyl (C=O) groups is 1. The van der Waals surface area contributed by atoms with E-state index in [1.54, 1.807) is 7.11 Å². The highest BCUT2D eigenvalue weighted by Crippen LogP contribution is 2.41. The van der Waals surface area contributed by atoms with Gasteiger partial charge < -0.3 is 25.0 Å². The summed E-state index contributed by atoms with van der Waals surface area (Å²) in [5.41, 5.74) is 5.02. The first-order valence-electron chi connectivity index (χ1n) is 13.2. The number of aryl methyl sites for hydroxylation is 1. The number of phenolic OH excluding ortho intramolecular Hbond substituents is 1. The lowest BCUT2D eigenvalue weighted by atomic mass is 9.91. The topological polar surface area (TPSA) is 81.2 Å². The van der Waals surface area contributed by atoms with Crippen LogP contribution in [0.15, 0.2) is 48.7 Å². The van der Waals surface area contributed by atoms with Gasteiger partial charge in [0.05, 0.1) is 12.7 Å². The molecular weight excluding hydrogens is 478 g/mol. The van der Waals surface area contributed by atoms with Crippen LogP contribution in [0.2, 0.25) is 0 Å². The third-order valence-corrected chi connectivity index (χ3v) is 7.67. The number of carbonyl (C=O) groups excluding carboxylic acids is 1. The molecule has 1 atom stereocenters. The number of amides is 1. The number of benzene rings is 2. The van der Waals surface area contributed by atoms with Crippen molar-refractivity contribution in [3.63, 3.8) is 0 Å². The Morgan fingerprint density at radius 1 is 1.11 bits per heavy atom. The van der Waals surface area contributed by atoms with Gasteiger partial charge in [0.2, 0.25) is 0 Å². The Hall–Kier alpha value is -3.62. The molecule has 2 aliphatic heterocycles. The Kier molecular flexibility index (Phi) is 7.53. The molecule has 0 saturated carbocycles. The number of phenols is 1. The zero-order chi connectivity index (χ0) is 26.8. The summed E-state index contributed by atoms with van der Waals surface area (Å²) in [6.45, 7) is 7.56. The molecular formula is C30H37N5O3. The van der Waals surface area contributed by atoms with E-state index in [9.17, 15) is 9.90 Å². The van der Waals surface area contributed by atoms with E-state index < -0.39 is 0 Å². The van der Waals surface area contributed by atoms with Crippen molar-refractivity contribution < 1.29 is 14.6 Å². The number of nitrogens with one attached hydrogen (secondary N) is 1. The van der Waals surface area contributed by atoms with E-state index in [2.05, 4.69) is 41.3 Å². The second kappa shape index (κ2) is 11.0. The normalized spacial score (nSPS) is 17.4. The fraction of sp³-hybridized carbons (Fsp3) is 0.400. The summed E-state index contributed by atoms with van der Waals surface area (Å²) in [6, 6.07) is 14.0. The molecule has 38 heavy (non-hydrogen) atoms. The largest absolute Gasteiger partial charge is 0.507 e. The van der Waals surface area contributed by atoms with Gasteiger partial charge in [-0.05, 0) is 56.4 Å². The maximum Gasteiger partial charge on any atom is 0.257 e. The Bertz CT molecular complexity index is 1320. The van der Waals surface area contributed by atoms with Crippen LogP contribution in [-0.4, -0.2) is 97.7 Å². The molecule has 0 aliphatic carbocycles. The Labute approximate surface area is 224 Å². The summed E-state index contributed by atoms with van der Waals surface area (Å²) >= 11 is 0. The lowest BCUT2D eigenvalue weighted by Crippen LogP contribution is -2.50. The van der Waals surface area contributed by atoms with Crippen molar-refractivity contribution in [3.05, 3.63) is 70.9 Å². The molecule has 3 heterocycles. The fourth-order valence-electron chi connectivity index (χ4n) is 5.39. The Balaban J connectivity index is 1.40. The van der Waals surface area contributed by atoms with Gasteiger partial charge in [0.15, 0.2) is 0 Å². The molecule has 2 aromatic carbocycles. The summed E-state index contributed by atoms with van der Waals surface area (Å²) in [7, 11) is 5.84. The summed E-state index contributed by atoms with van der Waals surface area (Å²) in [5.74, 6) is 1.76. The van der Waals surface area contributed by atoms with E-state index in [1.807, 2.05) is 48.4 Å². The molecule has 3 aromatic rings. The number of ether oxygens (including phenoxy) is 1. The van der Waals surface area contributed by atoms with Gasteiger partial charge in [0.25, 0.3) is 5.91 Å². The average molecular weight is 516 g/mol. The van der Waals surface area contributed by atoms with Crippen LogP contribution in [0.1, 0.15) is 33.0 Å². The number of methoxy groups -OCH3 is 1. The molecule has 0 radical (unpaired) electrons. The minimum Gasteiger partial charge on any atom is -0.507 e. The van der Waals surface area contributed by atoms with Crippen molar-refractivity contribution in [1.29, 1.82) is 0 Å². The predicted octanol–water partition coefficient (Wildman–Crippen LogP) is 3.65. The predicted molar refractivity (Wildman–Crippen MR) is 150 cm³/mol. The number of fused-ring (bicyclic) bond motifs is 1. The molecule has 1 unspecified atom stereocenters. The summed E-state index contributed by atoms with van der Waals surface area (Å²) < 4.78 is 5.62. The maximum absolute atomic E-state index is 13.5. The quantitative estimate of drug-likeness (QED) is 0.497. The molecule has 0 bridgehead atoms. The molecule has 2 aliphatic rings. The maximum atomic E-state index is 13.5. The van der Waals surface area contributed by atoms with Crippen molar-refractivity contribution in [2.24, 2.45) is 0 Å². The molecule has 8 heteroatoms. The molecule has 5 rings (SSSR count). The van der Waals surface area contributed by atoms with Crippen LogP contribution in [0.5, 0.6) is 11.5 Å². The van der Waals surface area contributed by atoms with Crippen LogP contribution in [0.3, 0.4) is 0 Å². The second-order valence-electron chi connectivity index (χ2n) is 10.5. The number of aromatic nitrogens is 1. The minimum atomic E-state index is -0.123. The van der Waals surface area contributed by atoms with Crippen molar-refractivity contribution in [2.45, 2.75) is 12.8 Å². The van der Waals surface area contributed by atoms with E-state index in [0.29, 0.717) is 24.2 Å². The Morgan fingerprint density at radius 3 is 2.61 bits per heavy atom. The zero-order valence-corrected chi connectivity index (χ0v) is 22.7. The number of aromatic hydroxyl groups is 1. The standard InChI is InChI=1S/C30H37N5O3/c1-20-15-21(16-25(28(20)36)30(37)35-13-11-34(12-14-35)10-9-33(2)3)22-17-24-26(19-32-29(24)31-18-22)23-7-5-6-8-27(23)38-4/h5-8,15-18,26,36H,9-14,19H2,1-4H3,(H,31,32). The first kappa shape index (κ1) is 26.0. The summed E-state index contributed by atoms with van der Waals surface area (Å²) in [5, 5.41) is 14.3. The number of likely N-dealkylation sites (N-methyl/N-ethyl adjacent to an activating group) is 1. The van der Waals surface area contributed by atoms with Gasteiger partial charge in [0.1, 0.15) is 17.3 Å². The lowest BCUT2D eigenvalue weighted by Gasteiger charge is -2.35. The number of nitrogens with zero attached hydrogens (tertiary/aromatic N) is 4. The molecule has 1 aromatic heterocycles. The van der Waals surface area contributed by atoms with Crippen molar-refractivity contribution in [1.82, 2.24) is 19.7 Å². The van der Waals surface area contributed by atoms with Crippen LogP contribution in [-0.2, 0) is 0 Å². The SMILES string of the molecule is COc1ccccc1C1CNc2ncc(-c3cc(C)c(O)c(C(=O)N4CCN(CCN(C)C)CC4)c3)cc21. The number of hydrogen-bond acceptors (Lipinski definition) is 7. The van der Waals surface area contributed by atoms with Crippen LogP contribution in [0.4, 0.5) is 5.82 Å². The van der Waals surface area contributed by atoms with E-state index >= 15 is 0 Å². The van der Waals surface area contributed by atoms with Gasteiger partial charge in [-0.15, -0.1) is 0 Å². The van der Waals surface area contributed by atoms with Gasteiger partial charge in [-0.2, -0.15) is 0 Å². The van der Waals surface area contributed by atoms with E-state index in [0.717, 1.165) is 66.5 Å². The third kappa shape index (κ3) is 5.19. The van der Waals surface area contributed by atoms with E-state index in [4.69, 9.17) is 9.72 Å². The highest BCUT2D eigenvalue weighted by Gasteiger charge is 2.29. The van der Waals surface area contributed by atoms with Gasteiger partial charge in [-0.3, -0.25) is 9.69 Å². The van der Waals surface area contributed by atoms with Crippen LogP contribution in [0, 0.1) is 6.92 Å². The lowest BCUT2D eigenvalue weighted by molar-refractivity contribution is 0.0627. The highest BCUT2D eigenvalue weighted by atomic mass is 16.5. The third-order valence-electron chi connectivity index (χ3n) is 7.67. The number of hydrogen-bond donors (Lipinski definition) is 2. The first-order chi connectivity index (χ1) is 18.4. The summed E-state index contributed by atoms with van der Waals surface area (Å²) in [4.78, 5) is 24.6. The average Bonchev–Trinajstić information content (AvgIpc) is 3.36. The van der Waals surface area contributed by atoms with Gasteiger partial charge in [0, 0.05) is 74.6 Å². The highest BCUT2D eigenvalue weighted by molar-refractivity contribution is 5.98. The number of anilines is 1. The molecule has 1 fully saturated rings. The molecule has 1 saturated heterocycles. The van der Waals surface area contributed by atoms with E-state index in [1.165, 1.54) is 0 Å².